The first kappa shape index (κ1) is 39.8. The number of phenols is 1. The van der Waals surface area contributed by atoms with Crippen molar-refractivity contribution in [3.8, 4) is 5.75 Å². The minimum absolute atomic E-state index is 0.0641. The molecule has 4 aromatic carbocycles. The molecule has 4 aliphatic rings. The van der Waals surface area contributed by atoms with Gasteiger partial charge in [-0.05, 0) is 103 Å². The van der Waals surface area contributed by atoms with E-state index in [2.05, 4.69) is 25.8 Å². The topological polar surface area (TPSA) is 176 Å². The van der Waals surface area contributed by atoms with Gasteiger partial charge in [-0.1, -0.05) is 60.7 Å². The van der Waals surface area contributed by atoms with Crippen LogP contribution in [-0.4, -0.2) is 88.3 Å². The van der Waals surface area contributed by atoms with Crippen LogP contribution in [0.2, 0.25) is 0 Å². The molecule has 4 aliphatic heterocycles. The van der Waals surface area contributed by atoms with Crippen LogP contribution in [0, 0.1) is 5.92 Å². The minimum atomic E-state index is -0.882. The quantitative estimate of drug-likeness (QED) is 0.102. The van der Waals surface area contributed by atoms with Gasteiger partial charge < -0.3 is 40.8 Å². The van der Waals surface area contributed by atoms with Crippen LogP contribution in [0.4, 0.5) is 4.79 Å². The molecular formula is C46H50N6O7. The largest absolute Gasteiger partial charge is 0.506 e. The number of carbonyl (C=O) groups excluding carboxylic acids is 3. The zero-order chi connectivity index (χ0) is 40.9. The molecule has 0 spiro atoms. The van der Waals surface area contributed by atoms with Gasteiger partial charge in [0.1, 0.15) is 11.9 Å². The van der Waals surface area contributed by atoms with Gasteiger partial charge in [0, 0.05) is 61.8 Å². The number of piperidine rings is 4. The van der Waals surface area contributed by atoms with Gasteiger partial charge in [-0.15, -0.1) is 0 Å². The summed E-state index contributed by atoms with van der Waals surface area (Å²) in [5.41, 5.74) is 3.74. The average molecular weight is 799 g/mol. The van der Waals surface area contributed by atoms with Crippen molar-refractivity contribution in [3.05, 3.63) is 147 Å². The van der Waals surface area contributed by atoms with Crippen LogP contribution in [0.15, 0.2) is 108 Å². The van der Waals surface area contributed by atoms with Crippen LogP contribution in [0.5, 0.6) is 5.75 Å². The van der Waals surface area contributed by atoms with Crippen molar-refractivity contribution in [1.29, 1.82) is 0 Å². The molecule has 9 rings (SSSR count). The highest BCUT2D eigenvalue weighted by atomic mass is 16.6. The number of alkyl carbamates (subject to hydrolysis) is 1. The number of aliphatic hydroxyl groups is 1. The van der Waals surface area contributed by atoms with E-state index < -0.39 is 17.7 Å². The second-order valence-electron chi connectivity index (χ2n) is 16.0. The molecule has 2 bridgehead atoms. The number of pyridine rings is 1. The molecule has 2 atom stereocenters. The molecule has 6 N–H and O–H groups in total. The van der Waals surface area contributed by atoms with Gasteiger partial charge in [-0.2, -0.15) is 0 Å². The summed E-state index contributed by atoms with van der Waals surface area (Å²) in [6.07, 6.45) is 1.89. The van der Waals surface area contributed by atoms with Crippen molar-refractivity contribution in [2.45, 2.75) is 56.5 Å². The third kappa shape index (κ3) is 9.02. The molecule has 0 unspecified atom stereocenters. The van der Waals surface area contributed by atoms with E-state index in [9.17, 15) is 29.4 Å². The standard InChI is InChI=1S/C46H50N6O7/c53-38-16-14-36(37-15-17-41(55)49-42(37)38)39(54)28-47-26-30-6-10-33(11-7-30)43(56)48-27-31-8-12-34(13-9-31)44(57)52-24-20-46(21-25-52,35-4-2-1-3-5-35)50-45(58)59-40-29-51-22-18-32(40)19-23-51/h1-17,32,39-40,47,53-54H,18-29H2,(H,48,56)(H,49,55)(H,50,58)/t39-,40-/m0/s1. The van der Waals surface area contributed by atoms with Crippen LogP contribution in [-0.2, 0) is 23.4 Å². The van der Waals surface area contributed by atoms with Gasteiger partial charge >= 0.3 is 6.09 Å². The fraction of sp³-hybridized carbons (Fsp3) is 0.348. The van der Waals surface area contributed by atoms with Crippen molar-refractivity contribution in [3.63, 3.8) is 0 Å². The normalized spacial score (nSPS) is 20.2. The Hall–Kier alpha value is -6.02. The summed E-state index contributed by atoms with van der Waals surface area (Å²) in [6.45, 7) is 4.87. The first-order valence-electron chi connectivity index (χ1n) is 20.4. The molecule has 59 heavy (non-hydrogen) atoms. The van der Waals surface area contributed by atoms with Crippen molar-refractivity contribution >= 4 is 28.8 Å². The Morgan fingerprint density at radius 2 is 1.49 bits per heavy atom. The predicted octanol–water partition coefficient (Wildman–Crippen LogP) is 4.94. The number of likely N-dealkylation sites (tertiary alicyclic amines) is 1. The van der Waals surface area contributed by atoms with Crippen molar-refractivity contribution in [1.82, 2.24) is 30.7 Å². The van der Waals surface area contributed by atoms with E-state index >= 15 is 0 Å². The number of H-pyrrole nitrogens is 1. The number of aromatic nitrogens is 1. The number of nitrogens with one attached hydrogen (secondary N) is 4. The fourth-order valence-electron chi connectivity index (χ4n) is 8.76. The maximum absolute atomic E-state index is 13.6. The van der Waals surface area contributed by atoms with E-state index in [1.54, 1.807) is 36.4 Å². The number of aromatic amines is 1. The summed E-state index contributed by atoms with van der Waals surface area (Å²) in [5, 5.41) is 30.9. The highest BCUT2D eigenvalue weighted by molar-refractivity contribution is 5.95. The van der Waals surface area contributed by atoms with Crippen LogP contribution in [0.3, 0.4) is 0 Å². The van der Waals surface area contributed by atoms with E-state index in [4.69, 9.17) is 4.74 Å². The second kappa shape index (κ2) is 17.5. The maximum Gasteiger partial charge on any atom is 0.408 e. The summed E-state index contributed by atoms with van der Waals surface area (Å²) in [7, 11) is 0. The second-order valence-corrected chi connectivity index (χ2v) is 16.0. The number of amides is 3. The molecule has 3 amide bonds. The number of rotatable bonds is 12. The fourth-order valence-corrected chi connectivity index (χ4v) is 8.76. The average Bonchev–Trinajstić information content (AvgIpc) is 3.27. The van der Waals surface area contributed by atoms with Gasteiger partial charge in [0.2, 0.25) is 5.56 Å². The monoisotopic (exact) mass is 798 g/mol. The molecule has 4 fully saturated rings. The van der Waals surface area contributed by atoms with E-state index in [1.165, 1.54) is 12.1 Å². The SMILES string of the molecule is O=C(NC1(c2ccccc2)CCN(C(=O)c2ccc(CNC(=O)c3ccc(CNC[C@H](O)c4ccc(O)c5[nH]c(=O)ccc45)cc3)cc2)CC1)O[C@H]1CN2CCC1CC2. The number of fused-ring (bicyclic) bond motifs is 4. The van der Waals surface area contributed by atoms with E-state index in [-0.39, 0.29) is 41.3 Å². The zero-order valence-electron chi connectivity index (χ0n) is 32.9. The van der Waals surface area contributed by atoms with Crippen LogP contribution >= 0.6 is 0 Å². The lowest BCUT2D eigenvalue weighted by molar-refractivity contribution is -0.0366. The van der Waals surface area contributed by atoms with Gasteiger partial charge in [0.15, 0.2) is 0 Å². The van der Waals surface area contributed by atoms with Gasteiger partial charge in [-0.3, -0.25) is 19.3 Å². The number of phenolic OH excluding ortho intramolecular Hbond substituents is 1. The van der Waals surface area contributed by atoms with Crippen LogP contribution in [0.1, 0.15) is 74.8 Å². The maximum atomic E-state index is 13.6. The zero-order valence-corrected chi connectivity index (χ0v) is 32.9. The highest BCUT2D eigenvalue weighted by Gasteiger charge is 2.41. The van der Waals surface area contributed by atoms with E-state index in [0.29, 0.717) is 67.0 Å². The highest BCUT2D eigenvalue weighted by Crippen LogP contribution is 2.35. The Bertz CT molecular complexity index is 2330. The Morgan fingerprint density at radius 3 is 2.17 bits per heavy atom. The van der Waals surface area contributed by atoms with E-state index in [1.807, 2.05) is 59.5 Å². The van der Waals surface area contributed by atoms with Gasteiger partial charge in [-0.25, -0.2) is 4.79 Å². The van der Waals surface area contributed by atoms with Crippen LogP contribution < -0.4 is 21.5 Å². The molecule has 0 saturated carbocycles. The van der Waals surface area contributed by atoms with Gasteiger partial charge in [0.05, 0.1) is 17.2 Å². The molecule has 0 radical (unpaired) electrons. The minimum Gasteiger partial charge on any atom is -0.506 e. The number of ether oxygens (including phenoxy) is 1. The number of benzene rings is 4. The summed E-state index contributed by atoms with van der Waals surface area (Å²) in [5.74, 6) is 0.0485. The molecule has 4 saturated heterocycles. The lowest BCUT2D eigenvalue weighted by atomic mass is 9.80. The molecule has 5 heterocycles. The number of aliphatic hydroxyl groups excluding tert-OH is 1. The lowest BCUT2D eigenvalue weighted by Gasteiger charge is -2.45. The summed E-state index contributed by atoms with van der Waals surface area (Å²) in [6, 6.07) is 30.4. The third-order valence-electron chi connectivity index (χ3n) is 12.2. The number of hydrogen-bond donors (Lipinski definition) is 6. The Morgan fingerprint density at radius 1 is 0.814 bits per heavy atom. The first-order valence-corrected chi connectivity index (χ1v) is 20.4. The Balaban J connectivity index is 0.800. The third-order valence-corrected chi connectivity index (χ3v) is 12.2. The summed E-state index contributed by atoms with van der Waals surface area (Å²) in [4.78, 5) is 58.5. The number of carbonyl (C=O) groups is 3. The lowest BCUT2D eigenvalue weighted by Crippen LogP contribution is -2.56. The Labute approximate surface area is 342 Å². The number of hydrogen-bond acceptors (Lipinski definition) is 9. The van der Waals surface area contributed by atoms with Crippen LogP contribution in [0.25, 0.3) is 10.9 Å². The van der Waals surface area contributed by atoms with Crippen molar-refractivity contribution in [2.75, 3.05) is 39.3 Å². The van der Waals surface area contributed by atoms with Gasteiger partial charge in [0.25, 0.3) is 11.8 Å². The molecule has 306 valence electrons. The first-order chi connectivity index (χ1) is 28.6. The molecule has 13 nitrogen and oxygen atoms in total. The molecule has 0 aliphatic carbocycles. The molecule has 5 aromatic rings. The predicted molar refractivity (Wildman–Crippen MR) is 223 cm³/mol. The smallest absolute Gasteiger partial charge is 0.408 e. The van der Waals surface area contributed by atoms with E-state index in [0.717, 1.165) is 49.2 Å². The molecule has 13 heteroatoms. The van der Waals surface area contributed by atoms with Crippen molar-refractivity contribution < 1.29 is 29.3 Å². The Kier molecular flexibility index (Phi) is 11.8. The number of aromatic hydroxyl groups is 1. The summed E-state index contributed by atoms with van der Waals surface area (Å²) >= 11 is 0. The molecule has 1 aromatic heterocycles. The number of nitrogens with zero attached hydrogens (tertiary/aromatic N) is 2. The summed E-state index contributed by atoms with van der Waals surface area (Å²) < 4.78 is 6.02. The van der Waals surface area contributed by atoms with Crippen molar-refractivity contribution in [2.24, 2.45) is 5.92 Å². The molecular weight excluding hydrogens is 749 g/mol.